The van der Waals surface area contributed by atoms with Crippen molar-refractivity contribution < 1.29 is 14.7 Å². The van der Waals surface area contributed by atoms with Gasteiger partial charge in [0.1, 0.15) is 0 Å². The van der Waals surface area contributed by atoms with Gasteiger partial charge in [-0.15, -0.1) is 0 Å². The van der Waals surface area contributed by atoms with Gasteiger partial charge in [-0.3, -0.25) is 4.79 Å². The van der Waals surface area contributed by atoms with Crippen LogP contribution in [0.1, 0.15) is 32.3 Å². The minimum absolute atomic E-state index is 0.0383. The van der Waals surface area contributed by atoms with Gasteiger partial charge in [-0.25, -0.2) is 0 Å². The molecule has 4 nitrogen and oxygen atoms in total. The summed E-state index contributed by atoms with van der Waals surface area (Å²) in [5, 5.41) is 15.3. The monoisotopic (exact) mass is 360 g/mol. The number of hydrogen-bond donors (Lipinski definition) is 1. The number of allylic oxidation sites excluding steroid dienone is 2. The highest BCUT2D eigenvalue weighted by Crippen LogP contribution is 2.56. The lowest BCUT2D eigenvalue weighted by atomic mass is 9.78. The second-order valence-electron chi connectivity index (χ2n) is 7.29. The summed E-state index contributed by atoms with van der Waals surface area (Å²) in [4.78, 5) is 24.4. The van der Waals surface area contributed by atoms with E-state index in [4.69, 9.17) is 11.6 Å². The third kappa shape index (κ3) is 3.45. The van der Waals surface area contributed by atoms with Gasteiger partial charge < -0.3 is 15.2 Å². The Morgan fingerprint density at radius 2 is 1.88 bits per heavy atom. The number of rotatable bonds is 5. The summed E-state index contributed by atoms with van der Waals surface area (Å²) in [6.45, 7) is 4.48. The molecule has 3 rings (SSSR count). The van der Waals surface area contributed by atoms with Crippen molar-refractivity contribution in [1.29, 1.82) is 0 Å². The van der Waals surface area contributed by atoms with Gasteiger partial charge in [0.25, 0.3) is 0 Å². The minimum Gasteiger partial charge on any atom is -0.550 e. The molecule has 2 aliphatic rings. The number of carbonyl (C=O) groups excluding carboxylic acids is 2. The lowest BCUT2D eigenvalue weighted by Gasteiger charge is -2.30. The highest BCUT2D eigenvalue weighted by atomic mass is 35.5. The summed E-state index contributed by atoms with van der Waals surface area (Å²) in [5.41, 5.74) is 3.36. The Morgan fingerprint density at radius 1 is 1.20 bits per heavy atom. The van der Waals surface area contributed by atoms with E-state index in [1.165, 1.54) is 5.57 Å². The molecule has 4 atom stereocenters. The zero-order valence-electron chi connectivity index (χ0n) is 14.5. The van der Waals surface area contributed by atoms with Gasteiger partial charge in [-0.1, -0.05) is 34.9 Å². The molecule has 1 aromatic rings. The van der Waals surface area contributed by atoms with Crippen LogP contribution in [0, 0.1) is 23.7 Å². The Balaban J connectivity index is 1.68. The fraction of sp³-hybridized carbons (Fsp3) is 0.500. The molecule has 0 radical (unpaired) electrons. The van der Waals surface area contributed by atoms with Gasteiger partial charge in [0.05, 0.1) is 5.92 Å². The van der Waals surface area contributed by atoms with Crippen LogP contribution in [0.4, 0.5) is 0 Å². The molecule has 1 N–H and O–H groups in total. The Kier molecular flexibility index (Phi) is 5.19. The first-order valence-electron chi connectivity index (χ1n) is 8.80. The second kappa shape index (κ2) is 7.20. The molecule has 2 fully saturated rings. The van der Waals surface area contributed by atoms with Crippen LogP contribution in [0.5, 0.6) is 0 Å². The SMILES string of the molecule is CC(C)=C1[C@H]2CC[C@@H]1[C@@H](C(=O)NCCc1cccc(Cl)c1)[C@H]2C(=O)[O-]. The molecule has 2 aliphatic carbocycles. The fourth-order valence-electron chi connectivity index (χ4n) is 4.73. The molecule has 0 spiro atoms. The second-order valence-corrected chi connectivity index (χ2v) is 7.72. The van der Waals surface area contributed by atoms with Crippen molar-refractivity contribution in [3.05, 3.63) is 46.0 Å². The summed E-state index contributed by atoms with van der Waals surface area (Å²) in [7, 11) is 0. The van der Waals surface area contributed by atoms with Crippen LogP contribution in [-0.4, -0.2) is 18.4 Å². The minimum atomic E-state index is -1.10. The molecule has 0 saturated heterocycles. The van der Waals surface area contributed by atoms with Gasteiger partial charge in [0.15, 0.2) is 0 Å². The predicted octanol–water partition coefficient (Wildman–Crippen LogP) is 2.36. The molecule has 2 bridgehead atoms. The van der Waals surface area contributed by atoms with Gasteiger partial charge in [-0.2, -0.15) is 0 Å². The summed E-state index contributed by atoms with van der Waals surface area (Å²) < 4.78 is 0. The summed E-state index contributed by atoms with van der Waals surface area (Å²) >= 11 is 5.97. The van der Waals surface area contributed by atoms with Crippen LogP contribution < -0.4 is 10.4 Å². The summed E-state index contributed by atoms with van der Waals surface area (Å²) in [5.74, 6) is -2.46. The molecular formula is C20H23ClNO3-. The Labute approximate surface area is 153 Å². The molecule has 1 amide bonds. The normalized spacial score (nSPS) is 27.4. The third-order valence-electron chi connectivity index (χ3n) is 5.60. The van der Waals surface area contributed by atoms with Crippen molar-refractivity contribution in [2.45, 2.75) is 33.1 Å². The molecule has 0 aliphatic heterocycles. The highest BCUT2D eigenvalue weighted by Gasteiger charge is 2.54. The Bertz CT molecular complexity index is 723. The maximum absolute atomic E-state index is 12.7. The molecule has 0 heterocycles. The van der Waals surface area contributed by atoms with E-state index in [2.05, 4.69) is 5.32 Å². The lowest BCUT2D eigenvalue weighted by molar-refractivity contribution is -0.314. The van der Waals surface area contributed by atoms with Crippen LogP contribution in [0.3, 0.4) is 0 Å². The van der Waals surface area contributed by atoms with Crippen molar-refractivity contribution in [3.8, 4) is 0 Å². The lowest BCUT2D eigenvalue weighted by Crippen LogP contribution is -2.46. The van der Waals surface area contributed by atoms with Crippen LogP contribution in [0.25, 0.3) is 0 Å². The fourth-order valence-corrected chi connectivity index (χ4v) is 4.94. The van der Waals surface area contributed by atoms with E-state index in [-0.39, 0.29) is 17.7 Å². The van der Waals surface area contributed by atoms with Gasteiger partial charge >= 0.3 is 0 Å². The molecule has 1 aromatic carbocycles. The smallest absolute Gasteiger partial charge is 0.224 e. The number of aliphatic carboxylic acids is 1. The molecule has 134 valence electrons. The zero-order valence-corrected chi connectivity index (χ0v) is 15.3. The van der Waals surface area contributed by atoms with E-state index in [9.17, 15) is 14.7 Å². The van der Waals surface area contributed by atoms with Gasteiger partial charge in [-0.05, 0) is 62.6 Å². The molecule has 2 saturated carbocycles. The van der Waals surface area contributed by atoms with E-state index in [0.29, 0.717) is 18.0 Å². The Hall–Kier alpha value is -1.81. The van der Waals surface area contributed by atoms with Gasteiger partial charge in [0.2, 0.25) is 5.91 Å². The quantitative estimate of drug-likeness (QED) is 0.819. The molecule has 25 heavy (non-hydrogen) atoms. The first-order valence-corrected chi connectivity index (χ1v) is 9.18. The van der Waals surface area contributed by atoms with Crippen molar-refractivity contribution in [1.82, 2.24) is 5.32 Å². The van der Waals surface area contributed by atoms with Crippen LogP contribution >= 0.6 is 11.6 Å². The predicted molar refractivity (Wildman–Crippen MR) is 94.7 cm³/mol. The number of amides is 1. The number of halogens is 1. The van der Waals surface area contributed by atoms with Crippen LogP contribution in [0.15, 0.2) is 35.4 Å². The number of carboxylic acid groups (broad SMARTS) is 1. The average molecular weight is 361 g/mol. The first-order chi connectivity index (χ1) is 11.9. The van der Waals surface area contributed by atoms with Crippen LogP contribution in [0.2, 0.25) is 5.02 Å². The number of carboxylic acids is 1. The summed E-state index contributed by atoms with van der Waals surface area (Å²) in [6, 6.07) is 7.52. The van der Waals surface area contributed by atoms with E-state index in [1.807, 2.05) is 38.1 Å². The van der Waals surface area contributed by atoms with E-state index >= 15 is 0 Å². The number of fused-ring (bicyclic) bond motifs is 2. The van der Waals surface area contributed by atoms with Crippen molar-refractivity contribution in [2.24, 2.45) is 23.7 Å². The average Bonchev–Trinajstić information content (AvgIpc) is 3.10. The van der Waals surface area contributed by atoms with Crippen molar-refractivity contribution in [2.75, 3.05) is 6.54 Å². The maximum Gasteiger partial charge on any atom is 0.224 e. The van der Waals surface area contributed by atoms with Crippen molar-refractivity contribution in [3.63, 3.8) is 0 Å². The topological polar surface area (TPSA) is 69.2 Å². The van der Waals surface area contributed by atoms with E-state index in [0.717, 1.165) is 24.0 Å². The van der Waals surface area contributed by atoms with Gasteiger partial charge in [0, 0.05) is 23.5 Å². The highest BCUT2D eigenvalue weighted by molar-refractivity contribution is 6.30. The molecule has 0 aromatic heterocycles. The largest absolute Gasteiger partial charge is 0.550 e. The maximum atomic E-state index is 12.7. The number of carbonyl (C=O) groups is 2. The first kappa shape index (κ1) is 18.0. The van der Waals surface area contributed by atoms with E-state index in [1.54, 1.807) is 0 Å². The molecule has 0 unspecified atom stereocenters. The standard InChI is InChI=1S/C20H24ClNO3/c1-11(2)16-14-6-7-15(16)18(20(24)25)17(14)19(23)22-9-8-12-4-3-5-13(21)10-12/h3-5,10,14-15,17-18H,6-9H2,1-2H3,(H,22,23)(H,24,25)/p-1/t14-,15+,17+,18-/m0/s1. The van der Waals surface area contributed by atoms with Crippen molar-refractivity contribution >= 4 is 23.5 Å². The molecular weight excluding hydrogens is 338 g/mol. The Morgan fingerprint density at radius 3 is 2.48 bits per heavy atom. The molecule has 5 heteroatoms. The van der Waals surface area contributed by atoms with E-state index < -0.39 is 17.8 Å². The van der Waals surface area contributed by atoms with Crippen LogP contribution in [-0.2, 0) is 16.0 Å². The number of hydrogen-bond acceptors (Lipinski definition) is 3. The third-order valence-corrected chi connectivity index (χ3v) is 5.83. The summed E-state index contributed by atoms with van der Waals surface area (Å²) in [6.07, 6.45) is 2.40. The zero-order chi connectivity index (χ0) is 18.1. The number of nitrogens with one attached hydrogen (secondary N) is 1. The number of benzene rings is 1.